The lowest BCUT2D eigenvalue weighted by atomic mass is 9.84. The highest BCUT2D eigenvalue weighted by atomic mass is 32.1. The zero-order chi connectivity index (χ0) is 23.2. The van der Waals surface area contributed by atoms with Crippen LogP contribution in [0.2, 0.25) is 0 Å². The van der Waals surface area contributed by atoms with E-state index in [1.54, 1.807) is 7.11 Å². The van der Waals surface area contributed by atoms with Crippen LogP contribution in [0.25, 0.3) is 0 Å². The summed E-state index contributed by atoms with van der Waals surface area (Å²) in [5.41, 5.74) is 5.31. The zero-order valence-corrected chi connectivity index (χ0v) is 21.3. The van der Waals surface area contributed by atoms with Gasteiger partial charge in [-0.2, -0.15) is 0 Å². The van der Waals surface area contributed by atoms with Crippen molar-refractivity contribution < 1.29 is 4.74 Å². The number of hydrogen-bond donors (Lipinski definition) is 1. The van der Waals surface area contributed by atoms with Crippen LogP contribution in [0.3, 0.4) is 0 Å². The number of anilines is 2. The van der Waals surface area contributed by atoms with E-state index >= 15 is 0 Å². The van der Waals surface area contributed by atoms with E-state index in [1.807, 2.05) is 24.3 Å². The van der Waals surface area contributed by atoms with Gasteiger partial charge in [-0.15, -0.1) is 0 Å². The van der Waals surface area contributed by atoms with E-state index in [0.717, 1.165) is 29.6 Å². The van der Waals surface area contributed by atoms with Crippen LogP contribution in [0.1, 0.15) is 63.5 Å². The first-order valence-electron chi connectivity index (χ1n) is 12.7. The van der Waals surface area contributed by atoms with Gasteiger partial charge in [0.25, 0.3) is 0 Å². The molecule has 4 nitrogen and oxygen atoms in total. The molecule has 1 heterocycles. The van der Waals surface area contributed by atoms with Crippen LogP contribution < -0.4 is 15.0 Å². The lowest BCUT2D eigenvalue weighted by Crippen LogP contribution is -2.46. The second-order valence-corrected chi connectivity index (χ2v) is 10.1. The van der Waals surface area contributed by atoms with Crippen molar-refractivity contribution in [3.05, 3.63) is 53.6 Å². The number of methoxy groups -OCH3 is 1. The summed E-state index contributed by atoms with van der Waals surface area (Å²) in [6, 6.07) is 15.6. The van der Waals surface area contributed by atoms with Gasteiger partial charge >= 0.3 is 0 Å². The van der Waals surface area contributed by atoms with Gasteiger partial charge in [-0.25, -0.2) is 0 Å². The highest BCUT2D eigenvalue weighted by Crippen LogP contribution is 2.32. The predicted octanol–water partition coefficient (Wildman–Crippen LogP) is 6.64. The molecule has 0 unspecified atom stereocenters. The lowest BCUT2D eigenvalue weighted by Gasteiger charge is -2.40. The minimum absolute atomic E-state index is 0.477. The Bertz CT molecular complexity index is 929. The molecule has 4 rings (SSSR count). The van der Waals surface area contributed by atoms with E-state index in [-0.39, 0.29) is 0 Å². The maximum absolute atomic E-state index is 6.00. The molecular weight excluding hydrogens is 426 g/mol. The molecule has 0 radical (unpaired) electrons. The van der Waals surface area contributed by atoms with E-state index < -0.39 is 0 Å². The topological polar surface area (TPSA) is 27.7 Å². The molecule has 2 atom stereocenters. The number of nitrogens with one attached hydrogen (secondary N) is 1. The van der Waals surface area contributed by atoms with Crippen molar-refractivity contribution in [1.82, 2.24) is 4.90 Å². The van der Waals surface area contributed by atoms with Crippen LogP contribution in [0, 0.1) is 5.92 Å². The summed E-state index contributed by atoms with van der Waals surface area (Å²) in [5, 5.41) is 4.33. The molecule has 1 saturated carbocycles. The molecule has 1 aliphatic carbocycles. The Morgan fingerprint density at radius 3 is 2.64 bits per heavy atom. The Labute approximate surface area is 205 Å². The van der Waals surface area contributed by atoms with Crippen molar-refractivity contribution in [3.8, 4) is 5.75 Å². The number of benzene rings is 2. The van der Waals surface area contributed by atoms with Crippen LogP contribution in [-0.4, -0.2) is 36.3 Å². The predicted molar refractivity (Wildman–Crippen MR) is 143 cm³/mol. The number of fused-ring (bicyclic) bond motifs is 1. The summed E-state index contributed by atoms with van der Waals surface area (Å²) < 4.78 is 5.30. The van der Waals surface area contributed by atoms with Crippen molar-refractivity contribution in [2.45, 2.75) is 71.4 Å². The van der Waals surface area contributed by atoms with E-state index in [0.29, 0.717) is 12.0 Å². The minimum atomic E-state index is 0.477. The second kappa shape index (κ2) is 11.2. The molecule has 2 aromatic carbocycles. The maximum atomic E-state index is 6.00. The van der Waals surface area contributed by atoms with Gasteiger partial charge in [0.05, 0.1) is 7.11 Å². The van der Waals surface area contributed by atoms with Crippen molar-refractivity contribution in [1.29, 1.82) is 0 Å². The summed E-state index contributed by atoms with van der Waals surface area (Å²) in [7, 11) is 1.69. The van der Waals surface area contributed by atoms with E-state index in [2.05, 4.69) is 47.2 Å². The van der Waals surface area contributed by atoms with E-state index in [1.165, 1.54) is 68.3 Å². The maximum Gasteiger partial charge on any atom is 0.173 e. The fraction of sp³-hybridized carbons (Fsp3) is 0.536. The number of ether oxygens (including phenoxy) is 1. The van der Waals surface area contributed by atoms with Crippen LogP contribution >= 0.6 is 12.2 Å². The van der Waals surface area contributed by atoms with Gasteiger partial charge < -0.3 is 19.9 Å². The van der Waals surface area contributed by atoms with Crippen LogP contribution in [0.15, 0.2) is 42.5 Å². The van der Waals surface area contributed by atoms with E-state index in [4.69, 9.17) is 17.0 Å². The number of rotatable bonds is 7. The third-order valence-corrected chi connectivity index (χ3v) is 7.61. The van der Waals surface area contributed by atoms with Crippen molar-refractivity contribution >= 4 is 28.7 Å². The SMILES string of the molecule is CCCN1CCCc2cc(CN(C(=S)Nc3ccc(OC)cc3)[C@H]3CCCC[C@H]3C)ccc21. The first kappa shape index (κ1) is 23.9. The van der Waals surface area contributed by atoms with Gasteiger partial charge in [0.1, 0.15) is 5.75 Å². The van der Waals surface area contributed by atoms with Gasteiger partial charge in [0.15, 0.2) is 5.11 Å². The Morgan fingerprint density at radius 2 is 1.91 bits per heavy atom. The number of nitrogens with zero attached hydrogens (tertiary/aromatic N) is 2. The van der Waals surface area contributed by atoms with Crippen molar-refractivity contribution in [2.75, 3.05) is 30.4 Å². The summed E-state index contributed by atoms with van der Waals surface area (Å²) in [5.74, 6) is 1.50. The first-order valence-corrected chi connectivity index (χ1v) is 13.1. The molecule has 1 N–H and O–H groups in total. The fourth-order valence-electron chi connectivity index (χ4n) is 5.49. The summed E-state index contributed by atoms with van der Waals surface area (Å²) in [4.78, 5) is 5.01. The van der Waals surface area contributed by atoms with Crippen molar-refractivity contribution in [2.24, 2.45) is 5.92 Å². The Hall–Kier alpha value is -2.27. The lowest BCUT2D eigenvalue weighted by molar-refractivity contribution is 0.177. The molecule has 0 amide bonds. The monoisotopic (exact) mass is 465 g/mol. The molecule has 0 aromatic heterocycles. The van der Waals surface area contributed by atoms with Crippen LogP contribution in [-0.2, 0) is 13.0 Å². The van der Waals surface area contributed by atoms with Crippen LogP contribution in [0.4, 0.5) is 11.4 Å². The number of hydrogen-bond acceptors (Lipinski definition) is 3. The van der Waals surface area contributed by atoms with Crippen LogP contribution in [0.5, 0.6) is 5.75 Å². The molecule has 0 saturated heterocycles. The molecule has 33 heavy (non-hydrogen) atoms. The zero-order valence-electron chi connectivity index (χ0n) is 20.5. The quantitative estimate of drug-likeness (QED) is 0.463. The van der Waals surface area contributed by atoms with Gasteiger partial charge in [-0.1, -0.05) is 38.8 Å². The highest BCUT2D eigenvalue weighted by Gasteiger charge is 2.29. The van der Waals surface area contributed by atoms with Crippen molar-refractivity contribution in [3.63, 3.8) is 0 Å². The molecular formula is C28H39N3OS. The standard InChI is InChI=1S/C28H39N3OS/c1-4-17-30-18-7-9-23-19-22(11-16-27(23)30)20-31(26-10-6-5-8-21(26)2)28(33)29-24-12-14-25(32-3)15-13-24/h11-16,19,21,26H,4-10,17-18,20H2,1-3H3,(H,29,33)/t21-,26+/m1/s1. The molecule has 1 aliphatic heterocycles. The average molecular weight is 466 g/mol. The number of thiocarbonyl (C=S) groups is 1. The Balaban J connectivity index is 1.55. The normalized spacial score (nSPS) is 20.2. The Morgan fingerprint density at radius 1 is 1.12 bits per heavy atom. The summed E-state index contributed by atoms with van der Waals surface area (Å²) in [6.07, 6.45) is 8.72. The van der Waals surface area contributed by atoms with Gasteiger partial charge in [0.2, 0.25) is 0 Å². The fourth-order valence-corrected chi connectivity index (χ4v) is 5.81. The van der Waals surface area contributed by atoms with E-state index in [9.17, 15) is 0 Å². The third-order valence-electron chi connectivity index (χ3n) is 7.27. The minimum Gasteiger partial charge on any atom is -0.497 e. The molecule has 2 aliphatic rings. The second-order valence-electron chi connectivity index (χ2n) is 9.67. The molecule has 0 bridgehead atoms. The smallest absolute Gasteiger partial charge is 0.173 e. The van der Waals surface area contributed by atoms with Gasteiger partial charge in [-0.05, 0) is 91.7 Å². The number of aryl methyl sites for hydroxylation is 1. The van der Waals surface area contributed by atoms with Gasteiger partial charge in [0, 0.05) is 37.1 Å². The largest absolute Gasteiger partial charge is 0.497 e. The molecule has 2 aromatic rings. The molecule has 0 spiro atoms. The molecule has 178 valence electrons. The summed E-state index contributed by atoms with van der Waals surface area (Å²) >= 11 is 6.00. The molecule has 1 fully saturated rings. The molecule has 5 heteroatoms. The third kappa shape index (κ3) is 5.81. The summed E-state index contributed by atoms with van der Waals surface area (Å²) in [6.45, 7) is 7.85. The average Bonchev–Trinajstić information content (AvgIpc) is 2.84. The first-order chi connectivity index (χ1) is 16.1. The highest BCUT2D eigenvalue weighted by molar-refractivity contribution is 7.80. The Kier molecular flexibility index (Phi) is 8.13. The van der Waals surface area contributed by atoms with Gasteiger partial charge in [-0.3, -0.25) is 0 Å².